The van der Waals surface area contributed by atoms with Gasteiger partial charge in [-0.1, -0.05) is 12.7 Å². The van der Waals surface area contributed by atoms with Crippen LogP contribution < -0.4 is 0 Å². The predicted molar refractivity (Wildman–Crippen MR) is 66.0 cm³/mol. The van der Waals surface area contributed by atoms with Gasteiger partial charge in [-0.15, -0.1) is 23.1 Å². The Balaban J connectivity index is 3.00. The average molecular weight is 224 g/mol. The molecule has 0 spiro atoms. The second kappa shape index (κ2) is 5.17. The largest absolute Gasteiger partial charge is 0.294 e. The Bertz CT molecular complexity index is 374. The molecular weight excluding hydrogens is 212 g/mol. The van der Waals surface area contributed by atoms with Crippen molar-refractivity contribution in [3.63, 3.8) is 0 Å². The van der Waals surface area contributed by atoms with Crippen LogP contribution in [0.15, 0.2) is 30.9 Å². The average Bonchev–Trinajstić information content (AvgIpc) is 2.63. The van der Waals surface area contributed by atoms with Crippen molar-refractivity contribution in [2.45, 2.75) is 6.92 Å². The van der Waals surface area contributed by atoms with Gasteiger partial charge in [-0.3, -0.25) is 4.79 Å². The van der Waals surface area contributed by atoms with Gasteiger partial charge in [-0.25, -0.2) is 0 Å². The van der Waals surface area contributed by atoms with Gasteiger partial charge in [0, 0.05) is 9.78 Å². The molecule has 1 aromatic heterocycles. The van der Waals surface area contributed by atoms with Gasteiger partial charge in [0.25, 0.3) is 0 Å². The lowest BCUT2D eigenvalue weighted by Gasteiger charge is -1.97. The number of Topliss-reactive ketones (excluding diaryl/α,β-unsaturated/α-hetero) is 1. The quantitative estimate of drug-likeness (QED) is 0.571. The Kier molecular flexibility index (Phi) is 4.17. The summed E-state index contributed by atoms with van der Waals surface area (Å²) in [4.78, 5) is 14.2. The van der Waals surface area contributed by atoms with Crippen LogP contribution in [0.3, 0.4) is 0 Å². The number of rotatable bonds is 4. The summed E-state index contributed by atoms with van der Waals surface area (Å²) in [5.41, 5.74) is 0. The Morgan fingerprint density at radius 1 is 1.50 bits per heavy atom. The Morgan fingerprint density at radius 3 is 2.57 bits per heavy atom. The highest BCUT2D eigenvalue weighted by molar-refractivity contribution is 8.07. The molecule has 0 N–H and O–H groups in total. The SMILES string of the molecule is C=C/C=C(\SC)c1ccc(C(C)=O)s1. The molecule has 0 radical (unpaired) electrons. The highest BCUT2D eigenvalue weighted by atomic mass is 32.2. The van der Waals surface area contributed by atoms with E-state index >= 15 is 0 Å². The summed E-state index contributed by atoms with van der Waals surface area (Å²) in [5, 5.41) is 0. The van der Waals surface area contributed by atoms with Crippen LogP contribution in [0.2, 0.25) is 0 Å². The molecule has 0 amide bonds. The topological polar surface area (TPSA) is 17.1 Å². The number of allylic oxidation sites excluding steroid dienone is 2. The molecule has 0 fully saturated rings. The van der Waals surface area contributed by atoms with Crippen molar-refractivity contribution in [3.05, 3.63) is 40.6 Å². The lowest BCUT2D eigenvalue weighted by Crippen LogP contribution is -1.83. The van der Waals surface area contributed by atoms with Crippen LogP contribution in [-0.2, 0) is 0 Å². The highest BCUT2D eigenvalue weighted by Gasteiger charge is 2.06. The van der Waals surface area contributed by atoms with E-state index in [4.69, 9.17) is 0 Å². The second-order valence-corrected chi connectivity index (χ2v) is 4.62. The second-order valence-electron chi connectivity index (χ2n) is 2.69. The van der Waals surface area contributed by atoms with E-state index in [1.807, 2.05) is 24.5 Å². The first-order valence-electron chi connectivity index (χ1n) is 4.17. The van der Waals surface area contributed by atoms with Gasteiger partial charge in [0.05, 0.1) is 4.88 Å². The van der Waals surface area contributed by atoms with E-state index < -0.39 is 0 Å². The van der Waals surface area contributed by atoms with Crippen LogP contribution in [0.5, 0.6) is 0 Å². The summed E-state index contributed by atoms with van der Waals surface area (Å²) >= 11 is 3.19. The van der Waals surface area contributed by atoms with Crippen LogP contribution in [0, 0.1) is 0 Å². The molecule has 0 saturated heterocycles. The molecule has 0 atom stereocenters. The van der Waals surface area contributed by atoms with Crippen LogP contribution in [-0.4, -0.2) is 12.0 Å². The zero-order valence-electron chi connectivity index (χ0n) is 8.24. The maximum atomic E-state index is 11.1. The summed E-state index contributed by atoms with van der Waals surface area (Å²) in [7, 11) is 0. The van der Waals surface area contributed by atoms with E-state index in [0.717, 1.165) is 14.7 Å². The first kappa shape index (κ1) is 11.3. The molecular formula is C11H12OS2. The number of carbonyl (C=O) groups is 1. The Labute approximate surface area is 92.5 Å². The summed E-state index contributed by atoms with van der Waals surface area (Å²) < 4.78 is 0. The predicted octanol–water partition coefficient (Wildman–Crippen LogP) is 3.84. The Morgan fingerprint density at radius 2 is 2.14 bits per heavy atom. The lowest BCUT2D eigenvalue weighted by atomic mass is 10.3. The number of thioether (sulfide) groups is 1. The van der Waals surface area contributed by atoms with Crippen molar-refractivity contribution >= 4 is 33.8 Å². The maximum Gasteiger partial charge on any atom is 0.169 e. The maximum absolute atomic E-state index is 11.1. The zero-order chi connectivity index (χ0) is 10.6. The van der Waals surface area contributed by atoms with Gasteiger partial charge >= 0.3 is 0 Å². The summed E-state index contributed by atoms with van der Waals surface area (Å²) in [6.07, 6.45) is 5.74. The molecule has 0 aromatic carbocycles. The van der Waals surface area contributed by atoms with Gasteiger partial charge in [0.1, 0.15) is 0 Å². The van der Waals surface area contributed by atoms with E-state index in [1.54, 1.807) is 24.8 Å². The summed E-state index contributed by atoms with van der Waals surface area (Å²) in [6, 6.07) is 3.85. The first-order chi connectivity index (χ1) is 6.69. The first-order valence-corrected chi connectivity index (χ1v) is 6.21. The molecule has 0 aliphatic rings. The normalized spacial score (nSPS) is 11.4. The van der Waals surface area contributed by atoms with Crippen molar-refractivity contribution in [3.8, 4) is 0 Å². The fourth-order valence-corrected chi connectivity index (χ4v) is 2.72. The number of hydrogen-bond donors (Lipinski definition) is 0. The minimum Gasteiger partial charge on any atom is -0.294 e. The van der Waals surface area contributed by atoms with Gasteiger partial charge in [0.15, 0.2) is 5.78 Å². The smallest absolute Gasteiger partial charge is 0.169 e. The number of thiophene rings is 1. The fourth-order valence-electron chi connectivity index (χ4n) is 1.02. The van der Waals surface area contributed by atoms with Crippen LogP contribution in [0.4, 0.5) is 0 Å². The minimum atomic E-state index is 0.125. The summed E-state index contributed by atoms with van der Waals surface area (Å²) in [6.45, 7) is 5.25. The molecule has 14 heavy (non-hydrogen) atoms. The molecule has 0 aliphatic heterocycles. The third-order valence-electron chi connectivity index (χ3n) is 1.68. The molecule has 3 heteroatoms. The fraction of sp³-hybridized carbons (Fsp3) is 0.182. The number of hydrogen-bond acceptors (Lipinski definition) is 3. The molecule has 0 bridgehead atoms. The molecule has 1 aromatic rings. The van der Waals surface area contributed by atoms with Crippen molar-refractivity contribution in [2.24, 2.45) is 0 Å². The number of ketones is 1. The van der Waals surface area contributed by atoms with E-state index in [0.29, 0.717) is 0 Å². The van der Waals surface area contributed by atoms with Crippen molar-refractivity contribution in [2.75, 3.05) is 6.26 Å². The standard InChI is InChI=1S/C11H12OS2/c1-4-5-10(13-3)11-7-6-9(14-11)8(2)12/h4-7H,1H2,2-3H3/b10-5-. The molecule has 1 heterocycles. The van der Waals surface area contributed by atoms with Crippen LogP contribution >= 0.6 is 23.1 Å². The van der Waals surface area contributed by atoms with Gasteiger partial charge in [-0.2, -0.15) is 0 Å². The monoisotopic (exact) mass is 224 g/mol. The highest BCUT2D eigenvalue weighted by Crippen LogP contribution is 2.31. The van der Waals surface area contributed by atoms with E-state index in [9.17, 15) is 4.79 Å². The third-order valence-corrected chi connectivity index (χ3v) is 3.83. The molecule has 74 valence electrons. The Hall–Kier alpha value is -0.800. The summed E-state index contributed by atoms with van der Waals surface area (Å²) in [5.74, 6) is 0.125. The lowest BCUT2D eigenvalue weighted by molar-refractivity contribution is 0.102. The zero-order valence-corrected chi connectivity index (χ0v) is 9.87. The van der Waals surface area contributed by atoms with E-state index in [1.165, 1.54) is 11.3 Å². The van der Waals surface area contributed by atoms with Gasteiger partial charge < -0.3 is 0 Å². The third kappa shape index (κ3) is 2.59. The van der Waals surface area contributed by atoms with Gasteiger partial charge in [-0.05, 0) is 31.4 Å². The van der Waals surface area contributed by atoms with E-state index in [-0.39, 0.29) is 5.78 Å². The minimum absolute atomic E-state index is 0.125. The molecule has 1 rings (SSSR count). The molecule has 0 saturated carbocycles. The molecule has 0 aliphatic carbocycles. The van der Waals surface area contributed by atoms with Crippen LogP contribution in [0.1, 0.15) is 21.5 Å². The van der Waals surface area contributed by atoms with Crippen molar-refractivity contribution in [1.82, 2.24) is 0 Å². The van der Waals surface area contributed by atoms with Gasteiger partial charge in [0.2, 0.25) is 0 Å². The van der Waals surface area contributed by atoms with Crippen molar-refractivity contribution in [1.29, 1.82) is 0 Å². The number of carbonyl (C=O) groups excluding carboxylic acids is 1. The van der Waals surface area contributed by atoms with E-state index in [2.05, 4.69) is 6.58 Å². The van der Waals surface area contributed by atoms with Crippen molar-refractivity contribution < 1.29 is 4.79 Å². The molecule has 0 unspecified atom stereocenters. The van der Waals surface area contributed by atoms with Crippen LogP contribution in [0.25, 0.3) is 4.91 Å². The molecule has 1 nitrogen and oxygen atoms in total.